The maximum absolute atomic E-state index is 10.6. The van der Waals surface area contributed by atoms with Gasteiger partial charge in [-0.3, -0.25) is 0 Å². The molecule has 3 rings (SSSR count). The van der Waals surface area contributed by atoms with Gasteiger partial charge in [-0.05, 0) is 63.1 Å². The number of carboxylic acids is 1. The third-order valence-corrected chi connectivity index (χ3v) is 5.20. The van der Waals surface area contributed by atoms with E-state index in [2.05, 4.69) is 32.3 Å². The molecule has 0 saturated carbocycles. The molecule has 0 radical (unpaired) electrons. The lowest BCUT2D eigenvalue weighted by molar-refractivity contribution is -0.131. The summed E-state index contributed by atoms with van der Waals surface area (Å²) in [6, 6.07) is 8.15. The number of carboxylic acid groups (broad SMARTS) is 1. The van der Waals surface area contributed by atoms with Gasteiger partial charge in [0.05, 0.1) is 5.69 Å². The molecule has 1 aliphatic rings. The van der Waals surface area contributed by atoms with Crippen molar-refractivity contribution in [3.63, 3.8) is 0 Å². The van der Waals surface area contributed by atoms with Crippen LogP contribution >= 0.6 is 27.3 Å². The molecule has 0 saturated heterocycles. The maximum Gasteiger partial charge on any atom is 0.328 e. The second kappa shape index (κ2) is 6.03. The predicted octanol–water partition coefficient (Wildman–Crippen LogP) is 4.17. The van der Waals surface area contributed by atoms with Crippen molar-refractivity contribution in [3.8, 4) is 0 Å². The number of hydrogen-bond acceptors (Lipinski definition) is 3. The van der Waals surface area contributed by atoms with Crippen molar-refractivity contribution in [2.45, 2.75) is 13.0 Å². The van der Waals surface area contributed by atoms with Gasteiger partial charge in [-0.25, -0.2) is 4.79 Å². The summed E-state index contributed by atoms with van der Waals surface area (Å²) in [5, 5.41) is 10.8. The average molecular weight is 364 g/mol. The average Bonchev–Trinajstić information content (AvgIpc) is 2.92. The normalized spacial score (nSPS) is 14.4. The smallest absolute Gasteiger partial charge is 0.328 e. The number of nitrogens with zero attached hydrogens (tertiary/aromatic N) is 1. The Hall–Kier alpha value is -1.59. The van der Waals surface area contributed by atoms with Crippen LogP contribution in [0.5, 0.6) is 0 Å². The van der Waals surface area contributed by atoms with Crippen LogP contribution in [0.15, 0.2) is 40.2 Å². The Morgan fingerprint density at radius 1 is 1.38 bits per heavy atom. The Morgan fingerprint density at radius 2 is 2.24 bits per heavy atom. The van der Waals surface area contributed by atoms with Crippen molar-refractivity contribution >= 4 is 45.0 Å². The third-order valence-electron chi connectivity index (χ3n) is 3.54. The van der Waals surface area contributed by atoms with Crippen molar-refractivity contribution in [1.82, 2.24) is 0 Å². The van der Waals surface area contributed by atoms with Gasteiger partial charge in [0.2, 0.25) is 0 Å². The monoisotopic (exact) mass is 363 g/mol. The number of fused-ring (bicyclic) bond motifs is 1. The fourth-order valence-electron chi connectivity index (χ4n) is 2.50. The van der Waals surface area contributed by atoms with Crippen LogP contribution in [0, 0.1) is 0 Å². The van der Waals surface area contributed by atoms with E-state index in [1.54, 1.807) is 6.08 Å². The summed E-state index contributed by atoms with van der Waals surface area (Å²) in [6.07, 6.45) is 3.84. The molecular weight excluding hydrogens is 350 g/mol. The van der Waals surface area contributed by atoms with E-state index in [1.165, 1.54) is 10.4 Å². The van der Waals surface area contributed by atoms with Crippen molar-refractivity contribution in [3.05, 3.63) is 56.2 Å². The molecule has 2 aromatic rings. The lowest BCUT2D eigenvalue weighted by Gasteiger charge is -2.30. The first-order valence-electron chi connectivity index (χ1n) is 6.64. The van der Waals surface area contributed by atoms with E-state index < -0.39 is 5.97 Å². The second-order valence-electron chi connectivity index (χ2n) is 4.92. The number of anilines is 1. The van der Waals surface area contributed by atoms with Crippen LogP contribution in [0.3, 0.4) is 0 Å². The molecule has 1 aliphatic heterocycles. The lowest BCUT2D eigenvalue weighted by atomic mass is 10.1. The first-order valence-corrected chi connectivity index (χ1v) is 8.31. The summed E-state index contributed by atoms with van der Waals surface area (Å²) in [5.41, 5.74) is 3.44. The molecule has 3 nitrogen and oxygen atoms in total. The van der Waals surface area contributed by atoms with Crippen LogP contribution in [0.4, 0.5) is 5.69 Å². The van der Waals surface area contributed by atoms with Gasteiger partial charge in [0.25, 0.3) is 0 Å². The van der Waals surface area contributed by atoms with E-state index >= 15 is 0 Å². The molecule has 5 heteroatoms. The van der Waals surface area contributed by atoms with E-state index in [0.29, 0.717) is 0 Å². The summed E-state index contributed by atoms with van der Waals surface area (Å²) < 4.78 is 0.994. The highest BCUT2D eigenvalue weighted by atomic mass is 79.9. The molecule has 0 spiro atoms. The SMILES string of the molecule is O=C(O)/C=C/c1ccc(N2CCc3sccc3C2)c(Br)c1. The van der Waals surface area contributed by atoms with E-state index in [4.69, 9.17) is 5.11 Å². The number of thiophene rings is 1. The highest BCUT2D eigenvalue weighted by Gasteiger charge is 2.18. The van der Waals surface area contributed by atoms with Crippen LogP contribution in [-0.4, -0.2) is 17.6 Å². The van der Waals surface area contributed by atoms with Gasteiger partial charge in [-0.15, -0.1) is 11.3 Å². The van der Waals surface area contributed by atoms with Crippen LogP contribution < -0.4 is 4.90 Å². The molecule has 0 bridgehead atoms. The minimum absolute atomic E-state index is 0.876. The Balaban J connectivity index is 1.82. The van der Waals surface area contributed by atoms with E-state index in [0.717, 1.165) is 41.3 Å². The summed E-state index contributed by atoms with van der Waals surface area (Å²) in [7, 11) is 0. The third kappa shape index (κ3) is 3.19. The van der Waals surface area contributed by atoms with E-state index in [-0.39, 0.29) is 0 Å². The number of benzene rings is 1. The first kappa shape index (κ1) is 14.4. The molecule has 1 N–H and O–H groups in total. The summed E-state index contributed by atoms with van der Waals surface area (Å²) >= 11 is 5.44. The predicted molar refractivity (Wildman–Crippen MR) is 89.9 cm³/mol. The molecule has 0 atom stereocenters. The Bertz CT molecular complexity index is 708. The molecule has 21 heavy (non-hydrogen) atoms. The van der Waals surface area contributed by atoms with Crippen LogP contribution in [0.2, 0.25) is 0 Å². The van der Waals surface area contributed by atoms with Crippen molar-refractivity contribution in [2.24, 2.45) is 0 Å². The minimum atomic E-state index is -0.934. The van der Waals surface area contributed by atoms with Gasteiger partial charge in [-0.2, -0.15) is 0 Å². The standard InChI is InChI=1S/C16H14BrNO2S/c17-13-9-11(2-4-16(19)20)1-3-14(13)18-7-5-15-12(10-18)6-8-21-15/h1-4,6,8-9H,5,7,10H2,(H,19,20)/b4-2+. The highest BCUT2D eigenvalue weighted by molar-refractivity contribution is 9.10. The van der Waals surface area contributed by atoms with Gasteiger partial charge in [0, 0.05) is 28.5 Å². The molecule has 2 heterocycles. The molecule has 0 fully saturated rings. The van der Waals surface area contributed by atoms with Gasteiger partial charge in [0.15, 0.2) is 0 Å². The Kier molecular flexibility index (Phi) is 4.12. The zero-order chi connectivity index (χ0) is 14.8. The summed E-state index contributed by atoms with van der Waals surface area (Å²) in [6.45, 7) is 1.94. The second-order valence-corrected chi connectivity index (χ2v) is 6.78. The largest absolute Gasteiger partial charge is 0.478 e. The van der Waals surface area contributed by atoms with Gasteiger partial charge in [-0.1, -0.05) is 6.07 Å². The van der Waals surface area contributed by atoms with Crippen LogP contribution in [-0.2, 0) is 17.8 Å². The lowest BCUT2D eigenvalue weighted by Crippen LogP contribution is -2.29. The van der Waals surface area contributed by atoms with Crippen molar-refractivity contribution in [1.29, 1.82) is 0 Å². The first-order chi connectivity index (χ1) is 10.1. The number of halogens is 1. The number of carbonyl (C=O) groups is 1. The Labute approximate surface area is 135 Å². The van der Waals surface area contributed by atoms with Gasteiger partial charge in [0.1, 0.15) is 0 Å². The van der Waals surface area contributed by atoms with E-state index in [9.17, 15) is 4.79 Å². The molecule has 0 aliphatic carbocycles. The molecule has 1 aromatic heterocycles. The fraction of sp³-hybridized carbons (Fsp3) is 0.188. The number of rotatable bonds is 3. The molecule has 1 aromatic carbocycles. The highest BCUT2D eigenvalue weighted by Crippen LogP contribution is 2.33. The summed E-state index contributed by atoms with van der Waals surface area (Å²) in [4.78, 5) is 14.4. The fourth-order valence-corrected chi connectivity index (χ4v) is 4.04. The van der Waals surface area contributed by atoms with E-state index in [1.807, 2.05) is 29.5 Å². The van der Waals surface area contributed by atoms with Crippen molar-refractivity contribution < 1.29 is 9.90 Å². The van der Waals surface area contributed by atoms with Crippen LogP contribution in [0.1, 0.15) is 16.0 Å². The quantitative estimate of drug-likeness (QED) is 0.831. The van der Waals surface area contributed by atoms with Crippen LogP contribution in [0.25, 0.3) is 6.08 Å². The number of hydrogen-bond donors (Lipinski definition) is 1. The molecule has 0 unspecified atom stereocenters. The Morgan fingerprint density at radius 3 is 3.00 bits per heavy atom. The zero-order valence-corrected chi connectivity index (χ0v) is 13.7. The topological polar surface area (TPSA) is 40.5 Å². The minimum Gasteiger partial charge on any atom is -0.478 e. The summed E-state index contributed by atoms with van der Waals surface area (Å²) in [5.74, 6) is -0.934. The van der Waals surface area contributed by atoms with Gasteiger partial charge < -0.3 is 10.0 Å². The van der Waals surface area contributed by atoms with Gasteiger partial charge >= 0.3 is 5.97 Å². The maximum atomic E-state index is 10.6. The number of aliphatic carboxylic acids is 1. The zero-order valence-electron chi connectivity index (χ0n) is 11.3. The molecule has 108 valence electrons. The van der Waals surface area contributed by atoms with Crippen molar-refractivity contribution in [2.75, 3.05) is 11.4 Å². The molecule has 0 amide bonds. The molecular formula is C16H14BrNO2S.